The Morgan fingerprint density at radius 3 is 1.92 bits per heavy atom. The number of anilines is 3. The lowest BCUT2D eigenvalue weighted by Gasteiger charge is -2.20. The Morgan fingerprint density at radius 1 is 0.846 bits per heavy atom. The van der Waals surface area contributed by atoms with E-state index < -0.39 is 0 Å². The lowest BCUT2D eigenvalue weighted by Crippen LogP contribution is -2.25. The Kier molecular flexibility index (Phi) is 4.81. The molecule has 0 unspecified atom stereocenters. The van der Waals surface area contributed by atoms with Crippen molar-refractivity contribution in [1.82, 2.24) is 15.0 Å². The maximum atomic E-state index is 9.33. The van der Waals surface area contributed by atoms with Crippen molar-refractivity contribution in [3.8, 4) is 5.75 Å². The van der Waals surface area contributed by atoms with Crippen molar-refractivity contribution in [2.24, 2.45) is 5.10 Å². The molecule has 0 aliphatic carbocycles. The molecule has 2 aliphatic rings. The van der Waals surface area contributed by atoms with Crippen LogP contribution in [0.2, 0.25) is 0 Å². The summed E-state index contributed by atoms with van der Waals surface area (Å²) in [4.78, 5) is 18.2. The molecule has 4 rings (SSSR count). The molecule has 2 N–H and O–H groups in total. The van der Waals surface area contributed by atoms with Crippen molar-refractivity contribution in [1.29, 1.82) is 0 Å². The van der Waals surface area contributed by atoms with Gasteiger partial charge in [-0.1, -0.05) is 0 Å². The number of phenolic OH excluding ortho intramolecular Hbond substituents is 1. The minimum absolute atomic E-state index is 0.234. The van der Waals surface area contributed by atoms with E-state index in [-0.39, 0.29) is 5.75 Å². The summed E-state index contributed by atoms with van der Waals surface area (Å²) in [6.07, 6.45) is 6.37. The summed E-state index contributed by atoms with van der Waals surface area (Å²) in [5.74, 6) is 2.14. The number of nitrogens with zero attached hydrogens (tertiary/aromatic N) is 6. The summed E-state index contributed by atoms with van der Waals surface area (Å²) in [7, 11) is 0. The largest absolute Gasteiger partial charge is 0.508 e. The molecule has 1 aromatic heterocycles. The van der Waals surface area contributed by atoms with Gasteiger partial charge in [0.15, 0.2) is 0 Å². The first kappa shape index (κ1) is 16.6. The second-order valence-corrected chi connectivity index (χ2v) is 6.61. The molecule has 1 aromatic carbocycles. The number of aromatic nitrogens is 3. The molecule has 0 spiro atoms. The van der Waals surface area contributed by atoms with Crippen molar-refractivity contribution >= 4 is 24.1 Å². The van der Waals surface area contributed by atoms with Crippen molar-refractivity contribution < 1.29 is 5.11 Å². The van der Waals surface area contributed by atoms with Gasteiger partial charge >= 0.3 is 0 Å². The Hall–Kier alpha value is -2.90. The summed E-state index contributed by atoms with van der Waals surface area (Å²) in [5.41, 5.74) is 3.81. The van der Waals surface area contributed by atoms with Crippen molar-refractivity contribution in [3.63, 3.8) is 0 Å². The first-order chi connectivity index (χ1) is 12.8. The molecule has 136 valence electrons. The van der Waals surface area contributed by atoms with Gasteiger partial charge in [-0.15, -0.1) is 0 Å². The zero-order valence-corrected chi connectivity index (χ0v) is 14.7. The summed E-state index contributed by atoms with van der Waals surface area (Å²) in [5, 5.41) is 13.6. The smallest absolute Gasteiger partial charge is 0.250 e. The van der Waals surface area contributed by atoms with Gasteiger partial charge in [0.2, 0.25) is 17.8 Å². The second-order valence-electron chi connectivity index (χ2n) is 6.61. The number of benzene rings is 1. The second kappa shape index (κ2) is 7.55. The number of aromatic hydroxyl groups is 1. The number of phenols is 1. The van der Waals surface area contributed by atoms with Gasteiger partial charge in [0.25, 0.3) is 0 Å². The Morgan fingerprint density at radius 2 is 1.38 bits per heavy atom. The minimum Gasteiger partial charge on any atom is -0.508 e. The summed E-state index contributed by atoms with van der Waals surface area (Å²) in [6, 6.07) is 6.83. The predicted molar refractivity (Wildman–Crippen MR) is 102 cm³/mol. The quantitative estimate of drug-likeness (QED) is 0.629. The van der Waals surface area contributed by atoms with Gasteiger partial charge in [0, 0.05) is 26.2 Å². The highest BCUT2D eigenvalue weighted by atomic mass is 16.3. The number of rotatable bonds is 5. The number of hydrogen-bond donors (Lipinski definition) is 2. The number of nitrogens with one attached hydrogen (secondary N) is 1. The van der Waals surface area contributed by atoms with Gasteiger partial charge in [-0.2, -0.15) is 20.1 Å². The SMILES string of the molecule is Oc1ccc(/C=N\Nc2nc(N3CCCC3)nc(N3CCCC3)n2)cc1. The van der Waals surface area contributed by atoms with Crippen LogP contribution < -0.4 is 15.2 Å². The van der Waals surface area contributed by atoms with E-state index in [9.17, 15) is 5.11 Å². The summed E-state index contributed by atoms with van der Waals surface area (Å²) >= 11 is 0. The average Bonchev–Trinajstić information content (AvgIpc) is 3.37. The van der Waals surface area contributed by atoms with E-state index in [1.807, 2.05) is 0 Å². The van der Waals surface area contributed by atoms with Gasteiger partial charge in [-0.3, -0.25) is 0 Å². The van der Waals surface area contributed by atoms with Crippen LogP contribution in [0.15, 0.2) is 29.4 Å². The molecule has 2 fully saturated rings. The van der Waals surface area contributed by atoms with E-state index in [1.165, 1.54) is 25.7 Å². The van der Waals surface area contributed by atoms with E-state index in [0.29, 0.717) is 5.95 Å². The molecule has 26 heavy (non-hydrogen) atoms. The monoisotopic (exact) mass is 353 g/mol. The van der Waals surface area contributed by atoms with Gasteiger partial charge in [0.05, 0.1) is 6.21 Å². The van der Waals surface area contributed by atoms with Crippen LogP contribution in [-0.4, -0.2) is 52.5 Å². The molecule has 2 saturated heterocycles. The molecule has 0 atom stereocenters. The van der Waals surface area contributed by atoms with Crippen LogP contribution in [0.5, 0.6) is 5.75 Å². The number of hydrazone groups is 1. The molecular formula is C18H23N7O. The zero-order valence-electron chi connectivity index (χ0n) is 14.7. The molecule has 3 heterocycles. The fourth-order valence-electron chi connectivity index (χ4n) is 3.25. The predicted octanol–water partition coefficient (Wildman–Crippen LogP) is 2.22. The summed E-state index contributed by atoms with van der Waals surface area (Å²) < 4.78 is 0. The maximum absolute atomic E-state index is 9.33. The van der Waals surface area contributed by atoms with Gasteiger partial charge in [-0.25, -0.2) is 5.43 Å². The van der Waals surface area contributed by atoms with Crippen LogP contribution in [0.4, 0.5) is 17.8 Å². The summed E-state index contributed by atoms with van der Waals surface area (Å²) in [6.45, 7) is 3.94. The normalized spacial score (nSPS) is 17.4. The Labute approximate surface area is 152 Å². The first-order valence-electron chi connectivity index (χ1n) is 9.12. The van der Waals surface area contributed by atoms with E-state index in [0.717, 1.165) is 43.6 Å². The highest BCUT2D eigenvalue weighted by Gasteiger charge is 2.21. The third-order valence-electron chi connectivity index (χ3n) is 4.66. The Bertz CT molecular complexity index is 731. The van der Waals surface area contributed by atoms with Crippen LogP contribution in [-0.2, 0) is 0 Å². The van der Waals surface area contributed by atoms with Crippen LogP contribution >= 0.6 is 0 Å². The molecule has 8 nitrogen and oxygen atoms in total. The molecule has 2 aromatic rings. The standard InChI is InChI=1S/C18H23N7O/c26-15-7-5-14(6-8-15)13-19-23-16-20-17(24-9-1-2-10-24)22-18(21-16)25-11-3-4-12-25/h5-8,13,26H,1-4,9-12H2,(H,20,21,22,23)/b19-13-. The van der Waals surface area contributed by atoms with Crippen LogP contribution in [0.25, 0.3) is 0 Å². The first-order valence-corrected chi connectivity index (χ1v) is 9.12. The lowest BCUT2D eigenvalue weighted by molar-refractivity contribution is 0.475. The third kappa shape index (κ3) is 3.84. The lowest BCUT2D eigenvalue weighted by atomic mass is 10.2. The number of hydrogen-bond acceptors (Lipinski definition) is 8. The van der Waals surface area contributed by atoms with Crippen molar-refractivity contribution in [3.05, 3.63) is 29.8 Å². The van der Waals surface area contributed by atoms with Crippen molar-refractivity contribution in [2.45, 2.75) is 25.7 Å². The van der Waals surface area contributed by atoms with E-state index in [2.05, 4.69) is 35.3 Å². The molecule has 8 heteroatoms. The van der Waals surface area contributed by atoms with Gasteiger partial charge in [-0.05, 0) is 55.5 Å². The molecule has 0 radical (unpaired) electrons. The molecule has 2 aliphatic heterocycles. The molecule has 0 amide bonds. The Balaban J connectivity index is 1.54. The highest BCUT2D eigenvalue weighted by Crippen LogP contribution is 2.22. The molecule has 0 bridgehead atoms. The molecule has 0 saturated carbocycles. The van der Waals surface area contributed by atoms with E-state index in [1.54, 1.807) is 30.5 Å². The fourth-order valence-corrected chi connectivity index (χ4v) is 3.25. The van der Waals surface area contributed by atoms with Crippen LogP contribution in [0.1, 0.15) is 31.2 Å². The minimum atomic E-state index is 0.234. The van der Waals surface area contributed by atoms with Crippen molar-refractivity contribution in [2.75, 3.05) is 41.4 Å². The van der Waals surface area contributed by atoms with Crippen LogP contribution in [0, 0.1) is 0 Å². The van der Waals surface area contributed by atoms with Gasteiger partial charge < -0.3 is 14.9 Å². The highest BCUT2D eigenvalue weighted by molar-refractivity contribution is 5.80. The maximum Gasteiger partial charge on any atom is 0.250 e. The topological polar surface area (TPSA) is 89.8 Å². The van der Waals surface area contributed by atoms with E-state index in [4.69, 9.17) is 0 Å². The molecular weight excluding hydrogens is 330 g/mol. The van der Waals surface area contributed by atoms with Gasteiger partial charge in [0.1, 0.15) is 5.75 Å². The fraction of sp³-hybridized carbons (Fsp3) is 0.444. The van der Waals surface area contributed by atoms with E-state index >= 15 is 0 Å². The average molecular weight is 353 g/mol. The van der Waals surface area contributed by atoms with Crippen LogP contribution in [0.3, 0.4) is 0 Å². The zero-order chi connectivity index (χ0) is 17.8. The third-order valence-corrected chi connectivity index (χ3v) is 4.66.